The Morgan fingerprint density at radius 2 is 2.05 bits per heavy atom. The fourth-order valence-electron chi connectivity index (χ4n) is 2.52. The number of rotatable bonds is 5. The molecule has 1 saturated carbocycles. The number of nitrogens with one attached hydrogen (secondary N) is 1. The van der Waals surface area contributed by atoms with E-state index < -0.39 is 0 Å². The lowest BCUT2D eigenvalue weighted by Gasteiger charge is -2.36. The molecule has 0 aliphatic heterocycles. The molecule has 2 aromatic rings. The largest absolute Gasteiger partial charge is 0.449 e. The Bertz CT molecular complexity index is 556. The van der Waals surface area contributed by atoms with Crippen LogP contribution in [-0.4, -0.2) is 23.7 Å². The third-order valence-corrected chi connectivity index (χ3v) is 3.67. The molecule has 0 amide bonds. The smallest absolute Gasteiger partial charge is 0.191 e. The van der Waals surface area contributed by atoms with E-state index in [1.54, 1.807) is 6.26 Å². The summed E-state index contributed by atoms with van der Waals surface area (Å²) in [6.07, 6.45) is 4.32. The summed E-state index contributed by atoms with van der Waals surface area (Å²) in [7, 11) is 0. The highest BCUT2D eigenvalue weighted by Crippen LogP contribution is 2.28. The molecule has 3 rings (SSSR count). The van der Waals surface area contributed by atoms with E-state index in [0.29, 0.717) is 18.0 Å². The highest BCUT2D eigenvalue weighted by molar-refractivity contribution is 5.62. The maximum absolute atomic E-state index is 5.57. The zero-order valence-corrected chi connectivity index (χ0v) is 11.9. The van der Waals surface area contributed by atoms with Crippen LogP contribution in [0.5, 0.6) is 0 Å². The number of aromatic nitrogens is 1. The Kier molecular flexibility index (Phi) is 3.74. The van der Waals surface area contributed by atoms with Gasteiger partial charge in [-0.05, 0) is 31.9 Å². The average molecular weight is 272 g/mol. The van der Waals surface area contributed by atoms with E-state index >= 15 is 0 Å². The molecule has 0 radical (unpaired) electrons. The predicted octanol–water partition coefficient (Wildman–Crippen LogP) is 3.63. The summed E-state index contributed by atoms with van der Waals surface area (Å²) < 4.78 is 10.8. The van der Waals surface area contributed by atoms with Crippen molar-refractivity contribution in [1.29, 1.82) is 0 Å². The third-order valence-electron chi connectivity index (χ3n) is 3.67. The van der Waals surface area contributed by atoms with Crippen LogP contribution in [0, 0.1) is 6.92 Å². The van der Waals surface area contributed by atoms with Gasteiger partial charge in [-0.3, -0.25) is 0 Å². The minimum Gasteiger partial charge on any atom is -0.449 e. The van der Waals surface area contributed by atoms with E-state index in [9.17, 15) is 0 Å². The zero-order chi connectivity index (χ0) is 13.9. The normalized spacial score (nSPS) is 21.5. The average Bonchev–Trinajstić information content (AvgIpc) is 2.84. The van der Waals surface area contributed by atoms with Gasteiger partial charge in [-0.15, -0.1) is 0 Å². The first-order valence-corrected chi connectivity index (χ1v) is 7.15. The number of ether oxygens (including phenoxy) is 1. The molecule has 1 aliphatic rings. The van der Waals surface area contributed by atoms with Crippen LogP contribution in [-0.2, 0) is 4.74 Å². The van der Waals surface area contributed by atoms with Gasteiger partial charge in [0.2, 0.25) is 0 Å². The zero-order valence-electron chi connectivity index (χ0n) is 11.9. The van der Waals surface area contributed by atoms with Crippen LogP contribution in [0.4, 0.5) is 5.69 Å². The van der Waals surface area contributed by atoms with Crippen molar-refractivity contribution in [3.8, 4) is 11.3 Å². The number of hydrogen-bond acceptors (Lipinski definition) is 4. The second-order valence-corrected chi connectivity index (χ2v) is 5.22. The van der Waals surface area contributed by atoms with Crippen molar-refractivity contribution in [1.82, 2.24) is 4.98 Å². The SMILES string of the molecule is CCOC1CC(Nc2ccc(-c3coc(C)n3)cc2)C1. The molecule has 0 atom stereocenters. The quantitative estimate of drug-likeness (QED) is 0.903. The first kappa shape index (κ1) is 13.2. The molecule has 1 N–H and O–H groups in total. The Morgan fingerprint density at radius 3 is 2.65 bits per heavy atom. The number of aryl methyl sites for hydroxylation is 1. The first-order valence-electron chi connectivity index (χ1n) is 7.15. The van der Waals surface area contributed by atoms with Crippen molar-refractivity contribution in [2.24, 2.45) is 0 Å². The molecular formula is C16H20N2O2. The van der Waals surface area contributed by atoms with E-state index in [0.717, 1.165) is 36.4 Å². The van der Waals surface area contributed by atoms with Crippen LogP contribution in [0.2, 0.25) is 0 Å². The molecule has 1 aromatic carbocycles. The Hall–Kier alpha value is -1.81. The van der Waals surface area contributed by atoms with Crippen molar-refractivity contribution in [3.63, 3.8) is 0 Å². The first-order chi connectivity index (χ1) is 9.74. The monoisotopic (exact) mass is 272 g/mol. The van der Waals surface area contributed by atoms with E-state index in [1.807, 2.05) is 13.8 Å². The molecule has 1 fully saturated rings. The molecule has 1 aliphatic carbocycles. The van der Waals surface area contributed by atoms with Gasteiger partial charge in [-0.25, -0.2) is 4.98 Å². The molecule has 4 heteroatoms. The molecule has 0 saturated heterocycles. The van der Waals surface area contributed by atoms with E-state index in [1.165, 1.54) is 0 Å². The van der Waals surface area contributed by atoms with Crippen LogP contribution in [0.3, 0.4) is 0 Å². The van der Waals surface area contributed by atoms with Crippen molar-refractivity contribution >= 4 is 5.69 Å². The van der Waals surface area contributed by atoms with Crippen molar-refractivity contribution in [2.45, 2.75) is 38.8 Å². The van der Waals surface area contributed by atoms with E-state index in [2.05, 4.69) is 34.6 Å². The van der Waals surface area contributed by atoms with Gasteiger partial charge in [0, 0.05) is 30.8 Å². The van der Waals surface area contributed by atoms with Gasteiger partial charge < -0.3 is 14.5 Å². The second kappa shape index (κ2) is 5.67. The van der Waals surface area contributed by atoms with Crippen LogP contribution in [0.25, 0.3) is 11.3 Å². The van der Waals surface area contributed by atoms with E-state index in [-0.39, 0.29) is 0 Å². The molecule has 0 unspecified atom stereocenters. The summed E-state index contributed by atoms with van der Waals surface area (Å²) >= 11 is 0. The minimum atomic E-state index is 0.440. The number of anilines is 1. The third kappa shape index (κ3) is 2.85. The highest BCUT2D eigenvalue weighted by atomic mass is 16.5. The molecule has 1 aromatic heterocycles. The molecule has 1 heterocycles. The molecule has 106 valence electrons. The molecule has 20 heavy (non-hydrogen) atoms. The van der Waals surface area contributed by atoms with Gasteiger partial charge in [0.25, 0.3) is 0 Å². The number of hydrogen-bond donors (Lipinski definition) is 1. The van der Waals surface area contributed by atoms with Gasteiger partial charge in [-0.1, -0.05) is 12.1 Å². The summed E-state index contributed by atoms with van der Waals surface area (Å²) in [5.41, 5.74) is 3.11. The van der Waals surface area contributed by atoms with Crippen LogP contribution < -0.4 is 5.32 Å². The van der Waals surface area contributed by atoms with Crippen molar-refractivity contribution in [2.75, 3.05) is 11.9 Å². The van der Waals surface area contributed by atoms with Gasteiger partial charge >= 0.3 is 0 Å². The number of oxazole rings is 1. The molecule has 0 spiro atoms. The predicted molar refractivity (Wildman–Crippen MR) is 78.7 cm³/mol. The molecular weight excluding hydrogens is 252 g/mol. The topological polar surface area (TPSA) is 47.3 Å². The lowest BCUT2D eigenvalue weighted by molar-refractivity contribution is 0.00299. The van der Waals surface area contributed by atoms with Crippen molar-refractivity contribution < 1.29 is 9.15 Å². The summed E-state index contributed by atoms with van der Waals surface area (Å²) in [5.74, 6) is 0.693. The standard InChI is InChI=1S/C16H20N2O2/c1-3-19-15-8-14(9-15)18-13-6-4-12(5-7-13)16-10-20-11(2)17-16/h4-7,10,14-15,18H,3,8-9H2,1-2H3. The van der Waals surface area contributed by atoms with Crippen LogP contribution in [0.1, 0.15) is 25.7 Å². The highest BCUT2D eigenvalue weighted by Gasteiger charge is 2.29. The summed E-state index contributed by atoms with van der Waals surface area (Å²) in [4.78, 5) is 4.33. The molecule has 4 nitrogen and oxygen atoms in total. The van der Waals surface area contributed by atoms with Crippen molar-refractivity contribution in [3.05, 3.63) is 36.4 Å². The number of benzene rings is 1. The summed E-state index contributed by atoms with van der Waals surface area (Å²) in [6, 6.07) is 8.85. The van der Waals surface area contributed by atoms with Gasteiger partial charge in [-0.2, -0.15) is 0 Å². The lowest BCUT2D eigenvalue weighted by Crippen LogP contribution is -2.40. The Balaban J connectivity index is 1.57. The van der Waals surface area contributed by atoms with Gasteiger partial charge in [0.1, 0.15) is 12.0 Å². The second-order valence-electron chi connectivity index (χ2n) is 5.22. The van der Waals surface area contributed by atoms with Gasteiger partial charge in [0.15, 0.2) is 5.89 Å². The number of nitrogens with zero attached hydrogens (tertiary/aromatic N) is 1. The Labute approximate surface area is 119 Å². The van der Waals surface area contributed by atoms with Crippen LogP contribution >= 0.6 is 0 Å². The lowest BCUT2D eigenvalue weighted by atomic mass is 9.89. The minimum absolute atomic E-state index is 0.440. The maximum Gasteiger partial charge on any atom is 0.191 e. The summed E-state index contributed by atoms with van der Waals surface area (Å²) in [6.45, 7) is 4.71. The fraction of sp³-hybridized carbons (Fsp3) is 0.438. The molecule has 0 bridgehead atoms. The fourth-order valence-corrected chi connectivity index (χ4v) is 2.52. The van der Waals surface area contributed by atoms with Gasteiger partial charge in [0.05, 0.1) is 6.10 Å². The van der Waals surface area contributed by atoms with E-state index in [4.69, 9.17) is 9.15 Å². The Morgan fingerprint density at radius 1 is 1.30 bits per heavy atom. The maximum atomic E-state index is 5.57. The van der Waals surface area contributed by atoms with Crippen LogP contribution in [0.15, 0.2) is 34.9 Å². The summed E-state index contributed by atoms with van der Waals surface area (Å²) in [5, 5.41) is 3.53.